The number of fused-ring (bicyclic) bond motifs is 1. The smallest absolute Gasteiger partial charge is 0.133 e. The van der Waals surface area contributed by atoms with Gasteiger partial charge in [0, 0.05) is 10.9 Å². The quantitative estimate of drug-likeness (QED) is 0.842. The third kappa shape index (κ3) is 2.03. The Labute approximate surface area is 106 Å². The maximum Gasteiger partial charge on any atom is 0.133 e. The van der Waals surface area contributed by atoms with Gasteiger partial charge in [-0.3, -0.25) is 0 Å². The standard InChI is InChI=1S/C14H15ClN2/c1-16-14(6-7-14)9-11-8-10-4-2-3-5-12(10)17-13(11)15/h2-5,8,16H,6-7,9H2,1H3. The minimum Gasteiger partial charge on any atom is -0.314 e. The van der Waals surface area contributed by atoms with Gasteiger partial charge >= 0.3 is 0 Å². The van der Waals surface area contributed by atoms with Gasteiger partial charge in [-0.15, -0.1) is 0 Å². The number of nitrogens with zero attached hydrogens (tertiary/aromatic N) is 1. The number of para-hydroxylation sites is 1. The molecule has 3 heteroatoms. The van der Waals surface area contributed by atoms with Gasteiger partial charge in [-0.1, -0.05) is 29.8 Å². The van der Waals surface area contributed by atoms with Crippen LogP contribution in [-0.4, -0.2) is 17.6 Å². The van der Waals surface area contributed by atoms with E-state index in [4.69, 9.17) is 11.6 Å². The van der Waals surface area contributed by atoms with Gasteiger partial charge in [0.2, 0.25) is 0 Å². The Morgan fingerprint density at radius 1 is 1.35 bits per heavy atom. The Morgan fingerprint density at radius 3 is 2.82 bits per heavy atom. The SMILES string of the molecule is CNC1(Cc2cc3ccccc3nc2Cl)CC1. The second-order valence-electron chi connectivity index (χ2n) is 4.84. The van der Waals surface area contributed by atoms with Crippen LogP contribution in [0, 0.1) is 0 Å². The molecule has 0 saturated heterocycles. The molecule has 1 fully saturated rings. The second kappa shape index (κ2) is 3.97. The van der Waals surface area contributed by atoms with Gasteiger partial charge in [0.25, 0.3) is 0 Å². The Morgan fingerprint density at radius 2 is 2.12 bits per heavy atom. The molecule has 88 valence electrons. The van der Waals surface area contributed by atoms with Crippen LogP contribution >= 0.6 is 11.6 Å². The molecule has 1 aromatic heterocycles. The van der Waals surface area contributed by atoms with Crippen LogP contribution in [0.2, 0.25) is 5.15 Å². The summed E-state index contributed by atoms with van der Waals surface area (Å²) >= 11 is 6.26. The fourth-order valence-corrected chi connectivity index (χ4v) is 2.50. The van der Waals surface area contributed by atoms with Crippen LogP contribution in [0.3, 0.4) is 0 Å². The van der Waals surface area contributed by atoms with Crippen molar-refractivity contribution in [3.8, 4) is 0 Å². The van der Waals surface area contributed by atoms with E-state index in [0.717, 1.165) is 17.5 Å². The monoisotopic (exact) mass is 246 g/mol. The molecule has 0 unspecified atom stereocenters. The zero-order valence-corrected chi connectivity index (χ0v) is 10.6. The van der Waals surface area contributed by atoms with Crippen LogP contribution in [0.4, 0.5) is 0 Å². The molecule has 2 nitrogen and oxygen atoms in total. The molecule has 0 amide bonds. The van der Waals surface area contributed by atoms with Gasteiger partial charge in [0.05, 0.1) is 5.52 Å². The lowest BCUT2D eigenvalue weighted by atomic mass is 10.0. The van der Waals surface area contributed by atoms with E-state index in [1.54, 1.807) is 0 Å². The Hall–Kier alpha value is -1.12. The first-order chi connectivity index (χ1) is 8.22. The molecule has 3 rings (SSSR count). The number of halogens is 1. The molecule has 1 N–H and O–H groups in total. The first kappa shape index (κ1) is 11.0. The summed E-state index contributed by atoms with van der Waals surface area (Å²) < 4.78 is 0. The second-order valence-corrected chi connectivity index (χ2v) is 5.20. The van der Waals surface area contributed by atoms with Crippen molar-refractivity contribution in [3.63, 3.8) is 0 Å². The number of hydrogen-bond donors (Lipinski definition) is 1. The van der Waals surface area contributed by atoms with Crippen molar-refractivity contribution >= 4 is 22.5 Å². The summed E-state index contributed by atoms with van der Waals surface area (Å²) in [5, 5.41) is 5.20. The van der Waals surface area contributed by atoms with Crippen LogP contribution < -0.4 is 5.32 Å². The van der Waals surface area contributed by atoms with Gasteiger partial charge in [0.1, 0.15) is 5.15 Å². The zero-order chi connectivity index (χ0) is 11.9. The minimum atomic E-state index is 0.272. The summed E-state index contributed by atoms with van der Waals surface area (Å²) in [5.74, 6) is 0. The molecule has 0 radical (unpaired) electrons. The van der Waals surface area contributed by atoms with Crippen molar-refractivity contribution in [2.75, 3.05) is 7.05 Å². The summed E-state index contributed by atoms with van der Waals surface area (Å²) in [5.41, 5.74) is 2.39. The lowest BCUT2D eigenvalue weighted by Crippen LogP contribution is -2.29. The van der Waals surface area contributed by atoms with Gasteiger partial charge in [-0.05, 0) is 44.0 Å². The maximum atomic E-state index is 6.26. The predicted molar refractivity (Wildman–Crippen MR) is 71.5 cm³/mol. The number of benzene rings is 1. The molecule has 1 heterocycles. The highest BCUT2D eigenvalue weighted by Crippen LogP contribution is 2.39. The van der Waals surface area contributed by atoms with E-state index < -0.39 is 0 Å². The molecule has 0 atom stereocenters. The van der Waals surface area contributed by atoms with Crippen molar-refractivity contribution in [1.29, 1.82) is 0 Å². The van der Waals surface area contributed by atoms with Gasteiger partial charge in [-0.25, -0.2) is 4.98 Å². The molecule has 17 heavy (non-hydrogen) atoms. The lowest BCUT2D eigenvalue weighted by Gasteiger charge is -2.15. The van der Waals surface area contributed by atoms with E-state index >= 15 is 0 Å². The Kier molecular flexibility index (Phi) is 2.57. The van der Waals surface area contributed by atoms with E-state index in [9.17, 15) is 0 Å². The fourth-order valence-electron chi connectivity index (χ4n) is 2.29. The maximum absolute atomic E-state index is 6.26. The highest BCUT2D eigenvalue weighted by atomic mass is 35.5. The van der Waals surface area contributed by atoms with E-state index in [2.05, 4.69) is 22.4 Å². The van der Waals surface area contributed by atoms with Gasteiger partial charge in [-0.2, -0.15) is 0 Å². The first-order valence-electron chi connectivity index (χ1n) is 5.96. The van der Waals surface area contributed by atoms with Gasteiger partial charge in [0.15, 0.2) is 0 Å². The molecule has 0 aliphatic heterocycles. The van der Waals surface area contributed by atoms with Gasteiger partial charge < -0.3 is 5.32 Å². The van der Waals surface area contributed by atoms with Crippen LogP contribution in [0.25, 0.3) is 10.9 Å². The van der Waals surface area contributed by atoms with Crippen LogP contribution in [0.15, 0.2) is 30.3 Å². The lowest BCUT2D eigenvalue weighted by molar-refractivity contribution is 0.548. The molecule has 1 aliphatic rings. The van der Waals surface area contributed by atoms with Crippen molar-refractivity contribution in [3.05, 3.63) is 41.0 Å². The normalized spacial score (nSPS) is 17.3. The summed E-state index contributed by atoms with van der Waals surface area (Å²) in [6, 6.07) is 10.3. The number of aromatic nitrogens is 1. The summed E-state index contributed by atoms with van der Waals surface area (Å²) in [6.45, 7) is 0. The molecular formula is C14H15ClN2. The van der Waals surface area contributed by atoms with Crippen molar-refractivity contribution in [1.82, 2.24) is 10.3 Å². The zero-order valence-electron chi connectivity index (χ0n) is 9.83. The summed E-state index contributed by atoms with van der Waals surface area (Å²) in [7, 11) is 2.02. The average Bonchev–Trinajstić information content (AvgIpc) is 3.11. The molecule has 2 aromatic rings. The van der Waals surface area contributed by atoms with E-state index in [0.29, 0.717) is 5.15 Å². The van der Waals surface area contributed by atoms with Crippen molar-refractivity contribution in [2.24, 2.45) is 0 Å². The number of rotatable bonds is 3. The molecule has 1 saturated carbocycles. The third-order valence-corrected chi connectivity index (χ3v) is 3.99. The number of pyridine rings is 1. The predicted octanol–water partition coefficient (Wildman–Crippen LogP) is 3.18. The third-order valence-electron chi connectivity index (χ3n) is 3.66. The topological polar surface area (TPSA) is 24.9 Å². The largest absolute Gasteiger partial charge is 0.314 e. The van der Waals surface area contributed by atoms with E-state index in [1.807, 2.05) is 25.2 Å². The average molecular weight is 247 g/mol. The fraction of sp³-hybridized carbons (Fsp3) is 0.357. The highest BCUT2D eigenvalue weighted by Gasteiger charge is 2.41. The first-order valence-corrected chi connectivity index (χ1v) is 6.33. The van der Waals surface area contributed by atoms with E-state index in [1.165, 1.54) is 18.2 Å². The molecular weight excluding hydrogens is 232 g/mol. The number of nitrogens with one attached hydrogen (secondary N) is 1. The van der Waals surface area contributed by atoms with Crippen LogP contribution in [0.1, 0.15) is 18.4 Å². The Balaban J connectivity index is 2.01. The van der Waals surface area contributed by atoms with Crippen molar-refractivity contribution in [2.45, 2.75) is 24.8 Å². The van der Waals surface area contributed by atoms with Crippen LogP contribution in [-0.2, 0) is 6.42 Å². The minimum absolute atomic E-state index is 0.272. The number of likely N-dealkylation sites (N-methyl/N-ethyl adjacent to an activating group) is 1. The summed E-state index contributed by atoms with van der Waals surface area (Å²) in [6.07, 6.45) is 3.43. The van der Waals surface area contributed by atoms with Crippen molar-refractivity contribution < 1.29 is 0 Å². The molecule has 1 aromatic carbocycles. The van der Waals surface area contributed by atoms with Crippen LogP contribution in [0.5, 0.6) is 0 Å². The summed E-state index contributed by atoms with van der Waals surface area (Å²) in [4.78, 5) is 4.46. The molecule has 0 spiro atoms. The van der Waals surface area contributed by atoms with E-state index in [-0.39, 0.29) is 5.54 Å². The number of hydrogen-bond acceptors (Lipinski definition) is 2. The molecule has 1 aliphatic carbocycles. The Bertz CT molecular complexity index is 561. The molecule has 0 bridgehead atoms. The highest BCUT2D eigenvalue weighted by molar-refractivity contribution is 6.30.